The van der Waals surface area contributed by atoms with Gasteiger partial charge in [0.25, 0.3) is 0 Å². The molecule has 0 saturated heterocycles. The molecule has 0 aromatic heterocycles. The standard InChI is InChI=1S/C21H15N3O/c1-25-20-5-3-2-4-16(9-11-20)6-7-17-8-10-18(12-17)21(15-24)19(13-22)14-23/h2-3,5-12H,4H2,1H3/b3-2-,11-9-,16-6+,17-7-,20-5+. The van der Waals surface area contributed by atoms with Gasteiger partial charge in [-0.2, -0.15) is 15.8 Å². The first kappa shape index (κ1) is 17.5. The van der Waals surface area contributed by atoms with Crippen molar-refractivity contribution in [2.75, 3.05) is 7.11 Å². The van der Waals surface area contributed by atoms with Crippen molar-refractivity contribution in [3.8, 4) is 18.2 Å². The van der Waals surface area contributed by atoms with E-state index in [4.69, 9.17) is 15.3 Å². The molecular formula is C21H15N3O. The average Bonchev–Trinajstić information content (AvgIpc) is 3.07. The van der Waals surface area contributed by atoms with E-state index >= 15 is 0 Å². The molecule has 0 spiro atoms. The molecule has 0 N–H and O–H groups in total. The lowest BCUT2D eigenvalue weighted by Gasteiger charge is -2.03. The second-order valence-electron chi connectivity index (χ2n) is 5.17. The number of rotatable bonds is 3. The Morgan fingerprint density at radius 3 is 2.52 bits per heavy atom. The molecular weight excluding hydrogens is 310 g/mol. The third kappa shape index (κ3) is 4.58. The maximum Gasteiger partial charge on any atom is 0.148 e. The van der Waals surface area contributed by atoms with Crippen LogP contribution in [0.25, 0.3) is 0 Å². The predicted octanol–water partition coefficient (Wildman–Crippen LogP) is 4.25. The Labute approximate surface area is 147 Å². The Balaban J connectivity index is 2.27. The summed E-state index contributed by atoms with van der Waals surface area (Å²) in [5.41, 5.74) is 2.49. The SMILES string of the molecule is COC1=C/C=C\CC(=C\C=C2\C=CC(C(C#N)=C(C#N)C#N)=C2)/C=C\1. The Kier molecular flexibility index (Phi) is 6.12. The van der Waals surface area contributed by atoms with Gasteiger partial charge in [0.05, 0.1) is 12.7 Å². The van der Waals surface area contributed by atoms with E-state index in [-0.39, 0.29) is 11.1 Å². The monoisotopic (exact) mass is 325 g/mol. The van der Waals surface area contributed by atoms with Crippen molar-refractivity contribution in [3.63, 3.8) is 0 Å². The van der Waals surface area contributed by atoms with Crippen LogP contribution in [0.1, 0.15) is 6.42 Å². The highest BCUT2D eigenvalue weighted by molar-refractivity contribution is 5.64. The highest BCUT2D eigenvalue weighted by Gasteiger charge is 2.12. The summed E-state index contributed by atoms with van der Waals surface area (Å²) in [6.45, 7) is 0. The minimum atomic E-state index is -0.176. The van der Waals surface area contributed by atoms with E-state index in [1.807, 2.05) is 54.7 Å². The molecule has 0 heterocycles. The van der Waals surface area contributed by atoms with E-state index in [2.05, 4.69) is 0 Å². The maximum atomic E-state index is 9.20. The largest absolute Gasteiger partial charge is 0.497 e. The molecule has 0 amide bonds. The molecule has 0 saturated carbocycles. The molecule has 4 nitrogen and oxygen atoms in total. The van der Waals surface area contributed by atoms with Crippen LogP contribution in [-0.2, 0) is 4.74 Å². The van der Waals surface area contributed by atoms with E-state index in [0.29, 0.717) is 5.57 Å². The molecule has 25 heavy (non-hydrogen) atoms. The van der Waals surface area contributed by atoms with Crippen LogP contribution in [0.5, 0.6) is 0 Å². The molecule has 2 aliphatic rings. The molecule has 0 atom stereocenters. The lowest BCUT2D eigenvalue weighted by molar-refractivity contribution is 0.307. The van der Waals surface area contributed by atoms with E-state index in [1.165, 1.54) is 0 Å². The minimum Gasteiger partial charge on any atom is -0.497 e. The smallest absolute Gasteiger partial charge is 0.148 e. The highest BCUT2D eigenvalue weighted by Crippen LogP contribution is 2.24. The summed E-state index contributed by atoms with van der Waals surface area (Å²) in [5, 5.41) is 27.1. The van der Waals surface area contributed by atoms with Gasteiger partial charge in [-0.1, -0.05) is 42.5 Å². The third-order valence-corrected chi connectivity index (χ3v) is 3.59. The molecule has 0 aromatic rings. The zero-order valence-electron chi connectivity index (χ0n) is 13.7. The first-order valence-electron chi connectivity index (χ1n) is 7.56. The van der Waals surface area contributed by atoms with Gasteiger partial charge in [-0.3, -0.25) is 0 Å². The number of allylic oxidation sites excluding steroid dienone is 15. The molecule has 0 radical (unpaired) electrons. The summed E-state index contributed by atoms with van der Waals surface area (Å²) in [5.74, 6) is 0.779. The Bertz CT molecular complexity index is 911. The average molecular weight is 325 g/mol. The van der Waals surface area contributed by atoms with Crippen LogP contribution in [0.2, 0.25) is 0 Å². The van der Waals surface area contributed by atoms with Gasteiger partial charge in [-0.25, -0.2) is 0 Å². The predicted molar refractivity (Wildman–Crippen MR) is 95.2 cm³/mol. The summed E-state index contributed by atoms with van der Waals surface area (Å²) in [4.78, 5) is 0. The molecule has 2 aliphatic carbocycles. The van der Waals surface area contributed by atoms with Crippen LogP contribution in [0, 0.1) is 34.0 Å². The fraction of sp³-hybridized carbons (Fsp3) is 0.0952. The topological polar surface area (TPSA) is 80.6 Å². The second-order valence-corrected chi connectivity index (χ2v) is 5.17. The van der Waals surface area contributed by atoms with E-state index in [1.54, 1.807) is 31.4 Å². The van der Waals surface area contributed by atoms with Gasteiger partial charge in [0.15, 0.2) is 0 Å². The van der Waals surface area contributed by atoms with E-state index in [9.17, 15) is 5.26 Å². The van der Waals surface area contributed by atoms with Gasteiger partial charge in [0.1, 0.15) is 29.5 Å². The third-order valence-electron chi connectivity index (χ3n) is 3.59. The summed E-state index contributed by atoms with van der Waals surface area (Å²) in [6.07, 6.45) is 19.9. The first-order chi connectivity index (χ1) is 12.2. The van der Waals surface area contributed by atoms with Crippen molar-refractivity contribution in [3.05, 3.63) is 94.4 Å². The second kappa shape index (κ2) is 8.73. The lowest BCUT2D eigenvalue weighted by Crippen LogP contribution is -1.87. The summed E-state index contributed by atoms with van der Waals surface area (Å²) in [7, 11) is 1.63. The van der Waals surface area contributed by atoms with Crippen LogP contribution in [0.3, 0.4) is 0 Å². The van der Waals surface area contributed by atoms with Gasteiger partial charge in [0, 0.05) is 0 Å². The number of nitriles is 3. The number of nitrogens with zero attached hydrogens (tertiary/aromatic N) is 3. The highest BCUT2D eigenvalue weighted by atomic mass is 16.5. The van der Waals surface area contributed by atoms with Gasteiger partial charge in [-0.05, 0) is 41.4 Å². The van der Waals surface area contributed by atoms with Gasteiger partial charge in [-0.15, -0.1) is 0 Å². The quantitative estimate of drug-likeness (QED) is 0.726. The number of ether oxygens (including phenoxy) is 1. The van der Waals surface area contributed by atoms with Crippen LogP contribution in [0.15, 0.2) is 94.4 Å². The molecule has 0 bridgehead atoms. The Hall–Kier alpha value is -3.81. The zero-order chi connectivity index (χ0) is 18.1. The van der Waals surface area contributed by atoms with Gasteiger partial charge >= 0.3 is 0 Å². The normalized spacial score (nSPS) is 23.1. The van der Waals surface area contributed by atoms with Crippen LogP contribution >= 0.6 is 0 Å². The van der Waals surface area contributed by atoms with E-state index in [0.717, 1.165) is 23.3 Å². The fourth-order valence-corrected chi connectivity index (χ4v) is 2.27. The van der Waals surface area contributed by atoms with Crippen LogP contribution < -0.4 is 0 Å². The molecule has 120 valence electrons. The number of hydrogen-bond acceptors (Lipinski definition) is 4. The number of methoxy groups -OCH3 is 1. The van der Waals surface area contributed by atoms with Gasteiger partial charge in [0.2, 0.25) is 0 Å². The molecule has 0 aromatic carbocycles. The van der Waals surface area contributed by atoms with Gasteiger partial charge < -0.3 is 4.74 Å². The summed E-state index contributed by atoms with van der Waals surface area (Å²) < 4.78 is 5.22. The Morgan fingerprint density at radius 1 is 1.04 bits per heavy atom. The summed E-state index contributed by atoms with van der Waals surface area (Å²) >= 11 is 0. The minimum absolute atomic E-state index is 0.0981. The van der Waals surface area contributed by atoms with Crippen LogP contribution in [-0.4, -0.2) is 7.11 Å². The van der Waals surface area contributed by atoms with Crippen molar-refractivity contribution >= 4 is 0 Å². The molecule has 2 rings (SSSR count). The van der Waals surface area contributed by atoms with Crippen molar-refractivity contribution in [2.24, 2.45) is 0 Å². The van der Waals surface area contributed by atoms with Crippen LogP contribution in [0.4, 0.5) is 0 Å². The van der Waals surface area contributed by atoms with Crippen molar-refractivity contribution in [2.45, 2.75) is 6.42 Å². The maximum absolute atomic E-state index is 9.20. The fourth-order valence-electron chi connectivity index (χ4n) is 2.27. The molecule has 4 heteroatoms. The van der Waals surface area contributed by atoms with Crippen molar-refractivity contribution in [1.82, 2.24) is 0 Å². The first-order valence-corrected chi connectivity index (χ1v) is 7.56. The Morgan fingerprint density at radius 2 is 1.84 bits per heavy atom. The van der Waals surface area contributed by atoms with Crippen molar-refractivity contribution < 1.29 is 4.74 Å². The lowest BCUT2D eigenvalue weighted by atomic mass is 10.0. The molecule has 0 fully saturated rings. The van der Waals surface area contributed by atoms with E-state index < -0.39 is 0 Å². The van der Waals surface area contributed by atoms with Crippen molar-refractivity contribution in [1.29, 1.82) is 15.8 Å². The zero-order valence-corrected chi connectivity index (χ0v) is 13.7. The molecule has 0 unspecified atom stereocenters. The number of hydrogen-bond donors (Lipinski definition) is 0. The molecule has 0 aliphatic heterocycles. The summed E-state index contributed by atoms with van der Waals surface area (Å²) in [6, 6.07) is 5.44.